The molecular formula is C12H13F3N4. The van der Waals surface area contributed by atoms with Gasteiger partial charge in [0.25, 0.3) is 0 Å². The SMILES string of the molecule is NCCCc1nc(N)c2cccc(C(F)(F)F)c2n1. The lowest BCUT2D eigenvalue weighted by Gasteiger charge is -2.11. The number of nitrogens with zero attached hydrogens (tertiary/aromatic N) is 2. The number of nitrogen functional groups attached to an aromatic ring is 1. The Morgan fingerprint density at radius 1 is 1.16 bits per heavy atom. The number of hydrogen-bond acceptors (Lipinski definition) is 4. The number of aryl methyl sites for hydroxylation is 1. The van der Waals surface area contributed by atoms with Crippen LogP contribution in [0.15, 0.2) is 18.2 Å². The van der Waals surface area contributed by atoms with Crippen molar-refractivity contribution in [2.24, 2.45) is 5.73 Å². The largest absolute Gasteiger partial charge is 0.418 e. The lowest BCUT2D eigenvalue weighted by Crippen LogP contribution is -2.10. The van der Waals surface area contributed by atoms with Gasteiger partial charge in [-0.2, -0.15) is 13.2 Å². The number of alkyl halides is 3. The fourth-order valence-electron chi connectivity index (χ4n) is 1.82. The van der Waals surface area contributed by atoms with Crippen LogP contribution in [0.4, 0.5) is 19.0 Å². The van der Waals surface area contributed by atoms with E-state index in [1.165, 1.54) is 12.1 Å². The van der Waals surface area contributed by atoms with E-state index in [1.54, 1.807) is 0 Å². The van der Waals surface area contributed by atoms with Crippen LogP contribution in [0.3, 0.4) is 0 Å². The summed E-state index contributed by atoms with van der Waals surface area (Å²) in [4.78, 5) is 7.98. The number of anilines is 1. The molecule has 4 nitrogen and oxygen atoms in total. The van der Waals surface area contributed by atoms with Gasteiger partial charge in [0.2, 0.25) is 0 Å². The number of fused-ring (bicyclic) bond motifs is 1. The third kappa shape index (κ3) is 2.76. The van der Waals surface area contributed by atoms with Crippen LogP contribution >= 0.6 is 0 Å². The van der Waals surface area contributed by atoms with Crippen LogP contribution < -0.4 is 11.5 Å². The first kappa shape index (κ1) is 13.5. The summed E-state index contributed by atoms with van der Waals surface area (Å²) < 4.78 is 38.7. The molecule has 2 rings (SSSR count). The molecule has 0 amide bonds. The summed E-state index contributed by atoms with van der Waals surface area (Å²) in [5, 5.41) is 0.214. The Morgan fingerprint density at radius 2 is 1.89 bits per heavy atom. The summed E-state index contributed by atoms with van der Waals surface area (Å²) in [6.45, 7) is 0.419. The monoisotopic (exact) mass is 270 g/mol. The van der Waals surface area contributed by atoms with Crippen molar-refractivity contribution in [1.29, 1.82) is 0 Å². The van der Waals surface area contributed by atoms with Gasteiger partial charge in [-0.25, -0.2) is 9.97 Å². The predicted molar refractivity (Wildman–Crippen MR) is 66.3 cm³/mol. The lowest BCUT2D eigenvalue weighted by molar-refractivity contribution is -0.136. The van der Waals surface area contributed by atoms with Crippen LogP contribution in [0.1, 0.15) is 17.8 Å². The van der Waals surface area contributed by atoms with Gasteiger partial charge < -0.3 is 11.5 Å². The van der Waals surface area contributed by atoms with Gasteiger partial charge in [-0.1, -0.05) is 6.07 Å². The summed E-state index contributed by atoms with van der Waals surface area (Å²) in [6, 6.07) is 3.76. The van der Waals surface area contributed by atoms with E-state index >= 15 is 0 Å². The minimum absolute atomic E-state index is 0.0584. The Hall–Kier alpha value is -1.89. The second-order valence-electron chi connectivity index (χ2n) is 4.12. The Labute approximate surface area is 107 Å². The molecule has 0 aliphatic carbocycles. The highest BCUT2D eigenvalue weighted by Crippen LogP contribution is 2.34. The Kier molecular flexibility index (Phi) is 3.57. The number of aromatic nitrogens is 2. The first-order valence-electron chi connectivity index (χ1n) is 5.76. The number of halogens is 3. The van der Waals surface area contributed by atoms with E-state index in [2.05, 4.69) is 9.97 Å². The Morgan fingerprint density at radius 3 is 2.53 bits per heavy atom. The molecule has 0 aliphatic heterocycles. The quantitative estimate of drug-likeness (QED) is 0.895. The van der Waals surface area contributed by atoms with E-state index < -0.39 is 11.7 Å². The van der Waals surface area contributed by atoms with Crippen LogP contribution in [-0.4, -0.2) is 16.5 Å². The molecule has 0 saturated carbocycles. The molecule has 0 radical (unpaired) electrons. The number of benzene rings is 1. The molecule has 102 valence electrons. The summed E-state index contributed by atoms with van der Waals surface area (Å²) in [5.74, 6) is 0.343. The number of para-hydroxylation sites is 1. The van der Waals surface area contributed by atoms with Crippen molar-refractivity contribution in [3.63, 3.8) is 0 Å². The Bertz CT molecular complexity index is 595. The molecule has 1 heterocycles. The summed E-state index contributed by atoms with van der Waals surface area (Å²) in [5.41, 5.74) is 10.1. The third-order valence-corrected chi connectivity index (χ3v) is 2.71. The predicted octanol–water partition coefficient (Wildman–Crippen LogP) is 2.12. The van der Waals surface area contributed by atoms with Crippen molar-refractivity contribution in [2.75, 3.05) is 12.3 Å². The van der Waals surface area contributed by atoms with Crippen LogP contribution in [0, 0.1) is 0 Å². The van der Waals surface area contributed by atoms with Gasteiger partial charge in [0.1, 0.15) is 11.6 Å². The molecule has 0 saturated heterocycles. The highest BCUT2D eigenvalue weighted by molar-refractivity contribution is 5.90. The molecule has 19 heavy (non-hydrogen) atoms. The van der Waals surface area contributed by atoms with Gasteiger partial charge in [0.05, 0.1) is 11.1 Å². The zero-order valence-corrected chi connectivity index (χ0v) is 10.0. The van der Waals surface area contributed by atoms with E-state index in [1.807, 2.05) is 0 Å². The first-order valence-corrected chi connectivity index (χ1v) is 5.76. The van der Waals surface area contributed by atoms with Gasteiger partial charge in [0.15, 0.2) is 0 Å². The maximum absolute atomic E-state index is 12.9. The molecule has 0 bridgehead atoms. The summed E-state index contributed by atoms with van der Waals surface area (Å²) in [6.07, 6.45) is -3.46. The zero-order valence-electron chi connectivity index (χ0n) is 10.0. The van der Waals surface area contributed by atoms with Crippen molar-refractivity contribution in [3.8, 4) is 0 Å². The van der Waals surface area contributed by atoms with Gasteiger partial charge in [0, 0.05) is 11.8 Å². The highest BCUT2D eigenvalue weighted by Gasteiger charge is 2.33. The fourth-order valence-corrected chi connectivity index (χ4v) is 1.82. The first-order chi connectivity index (χ1) is 8.93. The van der Waals surface area contributed by atoms with Crippen molar-refractivity contribution in [3.05, 3.63) is 29.6 Å². The van der Waals surface area contributed by atoms with Crippen LogP contribution in [0.5, 0.6) is 0 Å². The lowest BCUT2D eigenvalue weighted by atomic mass is 10.1. The molecule has 2 aromatic rings. The van der Waals surface area contributed by atoms with E-state index in [9.17, 15) is 13.2 Å². The summed E-state index contributed by atoms with van der Waals surface area (Å²) in [7, 11) is 0. The summed E-state index contributed by atoms with van der Waals surface area (Å²) >= 11 is 0. The maximum atomic E-state index is 12.9. The number of rotatable bonds is 3. The van der Waals surface area contributed by atoms with Crippen LogP contribution in [0.25, 0.3) is 10.9 Å². The normalized spacial score (nSPS) is 12.0. The van der Waals surface area contributed by atoms with E-state index in [-0.39, 0.29) is 22.5 Å². The van der Waals surface area contributed by atoms with E-state index in [4.69, 9.17) is 11.5 Å². The smallest absolute Gasteiger partial charge is 0.383 e. The molecule has 1 aromatic carbocycles. The fraction of sp³-hybridized carbons (Fsp3) is 0.333. The van der Waals surface area contributed by atoms with Crippen molar-refractivity contribution in [2.45, 2.75) is 19.0 Å². The van der Waals surface area contributed by atoms with E-state index in [0.29, 0.717) is 19.4 Å². The molecule has 7 heteroatoms. The Balaban J connectivity index is 2.62. The molecule has 1 aromatic heterocycles. The zero-order chi connectivity index (χ0) is 14.0. The van der Waals surface area contributed by atoms with Gasteiger partial charge in [-0.15, -0.1) is 0 Å². The minimum atomic E-state index is -4.47. The van der Waals surface area contributed by atoms with Gasteiger partial charge in [-0.3, -0.25) is 0 Å². The molecule has 0 aliphatic rings. The number of hydrogen-bond donors (Lipinski definition) is 2. The van der Waals surface area contributed by atoms with Crippen molar-refractivity contribution < 1.29 is 13.2 Å². The second-order valence-corrected chi connectivity index (χ2v) is 4.12. The van der Waals surface area contributed by atoms with Gasteiger partial charge >= 0.3 is 6.18 Å². The molecule has 0 spiro atoms. The number of nitrogens with two attached hydrogens (primary N) is 2. The van der Waals surface area contributed by atoms with Crippen LogP contribution in [0.2, 0.25) is 0 Å². The van der Waals surface area contributed by atoms with Crippen LogP contribution in [-0.2, 0) is 12.6 Å². The molecular weight excluding hydrogens is 257 g/mol. The minimum Gasteiger partial charge on any atom is -0.383 e. The highest BCUT2D eigenvalue weighted by atomic mass is 19.4. The maximum Gasteiger partial charge on any atom is 0.418 e. The average molecular weight is 270 g/mol. The standard InChI is InChI=1S/C12H13F3N4/c13-12(14,15)8-4-1-3-7-10(8)18-9(5-2-6-16)19-11(7)17/h1,3-4H,2,5-6,16H2,(H2,17,18,19). The molecule has 0 fully saturated rings. The molecule has 4 N–H and O–H groups in total. The third-order valence-electron chi connectivity index (χ3n) is 2.71. The second kappa shape index (κ2) is 5.00. The van der Waals surface area contributed by atoms with Crippen molar-refractivity contribution >= 4 is 16.7 Å². The topological polar surface area (TPSA) is 77.8 Å². The average Bonchev–Trinajstić information content (AvgIpc) is 2.34. The van der Waals surface area contributed by atoms with E-state index in [0.717, 1.165) is 6.07 Å². The molecule has 0 atom stereocenters. The van der Waals surface area contributed by atoms with Crippen molar-refractivity contribution in [1.82, 2.24) is 9.97 Å². The molecule has 0 unspecified atom stereocenters. The van der Waals surface area contributed by atoms with Gasteiger partial charge in [-0.05, 0) is 25.1 Å².